The standard InChI is InChI=1S/C13H18ClNO4S2/c1-12(2)11(13(12,3)4)15-21(18,19)10-7-5-9(6-8-10)20(14,16)17/h5-8,11,15H,1-4H3. The number of halogens is 1. The third-order valence-corrected chi connectivity index (χ3v) is 7.52. The van der Waals surface area contributed by atoms with Gasteiger partial charge in [0.05, 0.1) is 9.79 Å². The van der Waals surface area contributed by atoms with E-state index < -0.39 is 19.1 Å². The van der Waals surface area contributed by atoms with Gasteiger partial charge in [-0.1, -0.05) is 27.7 Å². The van der Waals surface area contributed by atoms with E-state index in [4.69, 9.17) is 10.7 Å². The molecule has 8 heteroatoms. The normalized spacial score (nSPS) is 21.2. The van der Waals surface area contributed by atoms with Crippen LogP contribution >= 0.6 is 10.7 Å². The van der Waals surface area contributed by atoms with Gasteiger partial charge in [-0.15, -0.1) is 0 Å². The maximum atomic E-state index is 12.3. The summed E-state index contributed by atoms with van der Waals surface area (Å²) in [4.78, 5) is -0.111. The van der Waals surface area contributed by atoms with Gasteiger partial charge in [0.2, 0.25) is 10.0 Å². The molecular formula is C13H18ClNO4S2. The fraction of sp³-hybridized carbons (Fsp3) is 0.538. The fourth-order valence-electron chi connectivity index (χ4n) is 2.50. The SMILES string of the molecule is CC1(C)C(NS(=O)(=O)c2ccc(S(=O)(=O)Cl)cc2)C1(C)C. The summed E-state index contributed by atoms with van der Waals surface area (Å²) in [5.74, 6) is 0. The maximum Gasteiger partial charge on any atom is 0.261 e. The van der Waals surface area contributed by atoms with Crippen molar-refractivity contribution in [1.29, 1.82) is 0 Å². The Labute approximate surface area is 130 Å². The van der Waals surface area contributed by atoms with Crippen LogP contribution in [0.3, 0.4) is 0 Å². The second-order valence-corrected chi connectivity index (χ2v) is 10.7. The van der Waals surface area contributed by atoms with Crippen molar-refractivity contribution in [3.05, 3.63) is 24.3 Å². The highest BCUT2D eigenvalue weighted by Crippen LogP contribution is 2.62. The molecule has 0 bridgehead atoms. The lowest BCUT2D eigenvalue weighted by Crippen LogP contribution is -2.29. The Morgan fingerprint density at radius 1 is 0.905 bits per heavy atom. The van der Waals surface area contributed by atoms with E-state index in [-0.39, 0.29) is 26.7 Å². The van der Waals surface area contributed by atoms with Gasteiger partial charge in [0.1, 0.15) is 0 Å². The van der Waals surface area contributed by atoms with Crippen molar-refractivity contribution < 1.29 is 16.8 Å². The van der Waals surface area contributed by atoms with Gasteiger partial charge in [0.25, 0.3) is 9.05 Å². The van der Waals surface area contributed by atoms with Gasteiger partial charge < -0.3 is 0 Å². The summed E-state index contributed by atoms with van der Waals surface area (Å²) in [6.45, 7) is 8.01. The lowest BCUT2D eigenvalue weighted by atomic mass is 10.0. The predicted octanol–water partition coefficient (Wildman–Crippen LogP) is 2.33. The first kappa shape index (κ1) is 16.7. The van der Waals surface area contributed by atoms with Gasteiger partial charge in [0.15, 0.2) is 0 Å². The molecule has 0 saturated heterocycles. The Bertz CT molecular complexity index is 751. The molecule has 0 aliphatic heterocycles. The fourth-order valence-corrected chi connectivity index (χ4v) is 4.80. The lowest BCUT2D eigenvalue weighted by Gasteiger charge is -2.08. The summed E-state index contributed by atoms with van der Waals surface area (Å²) < 4.78 is 49.6. The quantitative estimate of drug-likeness (QED) is 0.844. The van der Waals surface area contributed by atoms with Crippen molar-refractivity contribution in [3.63, 3.8) is 0 Å². The first-order valence-corrected chi connectivity index (χ1v) is 10.2. The number of benzene rings is 1. The molecule has 1 fully saturated rings. The van der Waals surface area contributed by atoms with Gasteiger partial charge in [-0.25, -0.2) is 21.6 Å². The number of nitrogens with one attached hydrogen (secondary N) is 1. The summed E-state index contributed by atoms with van der Waals surface area (Å²) in [5.41, 5.74) is -0.251. The van der Waals surface area contributed by atoms with Crippen molar-refractivity contribution in [2.45, 2.75) is 43.5 Å². The highest BCUT2D eigenvalue weighted by atomic mass is 35.7. The predicted molar refractivity (Wildman–Crippen MR) is 81.2 cm³/mol. The highest BCUT2D eigenvalue weighted by Gasteiger charge is 2.66. The Balaban J connectivity index is 2.26. The second kappa shape index (κ2) is 4.68. The Hall–Kier alpha value is -0.630. The number of sulfonamides is 1. The molecule has 0 spiro atoms. The third kappa shape index (κ3) is 2.84. The van der Waals surface area contributed by atoms with Crippen LogP contribution in [0.1, 0.15) is 27.7 Å². The van der Waals surface area contributed by atoms with Crippen LogP contribution in [0.4, 0.5) is 0 Å². The zero-order valence-corrected chi connectivity index (χ0v) is 14.6. The zero-order valence-electron chi connectivity index (χ0n) is 12.2. The smallest absolute Gasteiger partial charge is 0.207 e. The minimum absolute atomic E-state index is 0.0186. The molecule has 1 aromatic rings. The Morgan fingerprint density at radius 2 is 1.29 bits per heavy atom. The third-order valence-electron chi connectivity index (χ3n) is 4.71. The molecule has 118 valence electrons. The van der Waals surface area contributed by atoms with Gasteiger partial charge in [-0.05, 0) is 35.1 Å². The van der Waals surface area contributed by atoms with Crippen LogP contribution in [0, 0.1) is 10.8 Å². The average Bonchev–Trinajstić information content (AvgIpc) is 2.70. The minimum atomic E-state index is -3.86. The van der Waals surface area contributed by atoms with E-state index >= 15 is 0 Å². The molecule has 0 unspecified atom stereocenters. The molecule has 0 amide bonds. The van der Waals surface area contributed by atoms with Crippen molar-refractivity contribution in [2.75, 3.05) is 0 Å². The largest absolute Gasteiger partial charge is 0.261 e. The van der Waals surface area contributed by atoms with Crippen molar-refractivity contribution in [3.8, 4) is 0 Å². The summed E-state index contributed by atoms with van der Waals surface area (Å²) >= 11 is 0. The molecule has 0 aromatic heterocycles. The van der Waals surface area contributed by atoms with Gasteiger partial charge in [-0.3, -0.25) is 0 Å². The second-order valence-electron chi connectivity index (χ2n) is 6.41. The summed E-state index contributed by atoms with van der Waals surface area (Å²) in [5, 5.41) is 0. The molecule has 2 rings (SSSR count). The number of hydrogen-bond acceptors (Lipinski definition) is 4. The molecule has 1 aromatic carbocycles. The van der Waals surface area contributed by atoms with Crippen LogP contribution in [0.25, 0.3) is 0 Å². The van der Waals surface area contributed by atoms with Crippen LogP contribution in [0.5, 0.6) is 0 Å². The molecule has 1 aliphatic carbocycles. The molecule has 0 radical (unpaired) electrons. The van der Waals surface area contributed by atoms with Crippen molar-refractivity contribution >= 4 is 29.8 Å². The van der Waals surface area contributed by atoms with Gasteiger partial charge in [-0.2, -0.15) is 0 Å². The van der Waals surface area contributed by atoms with E-state index in [9.17, 15) is 16.8 Å². The first-order valence-electron chi connectivity index (χ1n) is 6.37. The first-order chi connectivity index (χ1) is 9.30. The van der Waals surface area contributed by atoms with Crippen LogP contribution in [0.2, 0.25) is 0 Å². The van der Waals surface area contributed by atoms with E-state index in [1.807, 2.05) is 27.7 Å². The molecule has 1 aliphatic rings. The van der Waals surface area contributed by atoms with Crippen LogP contribution < -0.4 is 4.72 Å². The lowest BCUT2D eigenvalue weighted by molar-refractivity contribution is 0.457. The number of rotatable bonds is 4. The summed E-state index contributed by atoms with van der Waals surface area (Å²) in [6.07, 6.45) is 0. The van der Waals surface area contributed by atoms with Gasteiger partial charge in [0, 0.05) is 16.7 Å². The van der Waals surface area contributed by atoms with Crippen LogP contribution in [-0.2, 0) is 19.1 Å². The molecular weight excluding hydrogens is 334 g/mol. The molecule has 1 N–H and O–H groups in total. The monoisotopic (exact) mass is 351 g/mol. The molecule has 5 nitrogen and oxygen atoms in total. The Kier molecular flexibility index (Phi) is 3.73. The van der Waals surface area contributed by atoms with Gasteiger partial charge >= 0.3 is 0 Å². The maximum absolute atomic E-state index is 12.3. The molecule has 1 saturated carbocycles. The number of hydrogen-bond donors (Lipinski definition) is 1. The van der Waals surface area contributed by atoms with E-state index in [0.717, 1.165) is 0 Å². The summed E-state index contributed by atoms with van der Waals surface area (Å²) in [6, 6.07) is 4.67. The average molecular weight is 352 g/mol. The summed E-state index contributed by atoms with van der Waals surface area (Å²) in [7, 11) is -2.34. The van der Waals surface area contributed by atoms with E-state index in [0.29, 0.717) is 0 Å². The molecule has 0 heterocycles. The van der Waals surface area contributed by atoms with E-state index in [1.165, 1.54) is 24.3 Å². The van der Waals surface area contributed by atoms with E-state index in [1.54, 1.807) is 0 Å². The molecule has 0 atom stereocenters. The highest BCUT2D eigenvalue weighted by molar-refractivity contribution is 8.13. The van der Waals surface area contributed by atoms with Crippen LogP contribution in [0.15, 0.2) is 34.1 Å². The van der Waals surface area contributed by atoms with E-state index in [2.05, 4.69) is 4.72 Å². The van der Waals surface area contributed by atoms with Crippen LogP contribution in [-0.4, -0.2) is 22.9 Å². The van der Waals surface area contributed by atoms with Crippen molar-refractivity contribution in [2.24, 2.45) is 10.8 Å². The zero-order chi connectivity index (χ0) is 16.3. The molecule has 21 heavy (non-hydrogen) atoms. The minimum Gasteiger partial charge on any atom is -0.207 e. The van der Waals surface area contributed by atoms with Crippen molar-refractivity contribution in [1.82, 2.24) is 4.72 Å². The Morgan fingerprint density at radius 3 is 1.62 bits per heavy atom. The topological polar surface area (TPSA) is 80.3 Å².